The first kappa shape index (κ1) is 8.24. The van der Waals surface area contributed by atoms with Crippen LogP contribution in [0.1, 0.15) is 37.2 Å². The Morgan fingerprint density at radius 2 is 2.08 bits per heavy atom. The predicted molar refractivity (Wildman–Crippen MR) is 53.1 cm³/mol. The van der Waals surface area contributed by atoms with Crippen molar-refractivity contribution in [1.82, 2.24) is 4.98 Å². The molecule has 0 amide bonds. The van der Waals surface area contributed by atoms with Gasteiger partial charge in [-0.1, -0.05) is 18.9 Å². The van der Waals surface area contributed by atoms with E-state index in [0.29, 0.717) is 0 Å². The first-order valence-electron chi connectivity index (χ1n) is 4.48. The van der Waals surface area contributed by atoms with E-state index in [1.165, 1.54) is 31.2 Å². The summed E-state index contributed by atoms with van der Waals surface area (Å²) < 4.78 is 1.04. The van der Waals surface area contributed by atoms with Gasteiger partial charge < -0.3 is 0 Å². The summed E-state index contributed by atoms with van der Waals surface area (Å²) in [6, 6.07) is 4.21. The number of hydrogen-bond acceptors (Lipinski definition) is 1. The molecule has 2 rings (SSSR count). The number of aromatic nitrogens is 1. The number of halogens is 1. The average molecular weight is 226 g/mol. The monoisotopic (exact) mass is 225 g/mol. The highest BCUT2D eigenvalue weighted by atomic mass is 79.9. The van der Waals surface area contributed by atoms with E-state index in [2.05, 4.69) is 27.0 Å². The molecule has 1 aromatic heterocycles. The molecule has 1 heterocycles. The van der Waals surface area contributed by atoms with E-state index in [0.717, 1.165) is 10.5 Å². The quantitative estimate of drug-likeness (QED) is 0.668. The summed E-state index contributed by atoms with van der Waals surface area (Å²) in [4.78, 5) is 4.24. The highest BCUT2D eigenvalue weighted by molar-refractivity contribution is 9.10. The number of hydrogen-bond donors (Lipinski definition) is 0. The zero-order chi connectivity index (χ0) is 8.39. The Kier molecular flexibility index (Phi) is 2.45. The average Bonchev–Trinajstić information content (AvgIpc) is 2.57. The molecule has 64 valence electrons. The van der Waals surface area contributed by atoms with E-state index in [9.17, 15) is 0 Å². The van der Waals surface area contributed by atoms with Crippen LogP contribution in [-0.2, 0) is 0 Å². The second-order valence-corrected chi connectivity index (χ2v) is 4.12. The summed E-state index contributed by atoms with van der Waals surface area (Å²) in [6.45, 7) is 0. The molecule has 1 aromatic rings. The Labute approximate surface area is 81.3 Å². The highest BCUT2D eigenvalue weighted by Gasteiger charge is 2.18. The highest BCUT2D eigenvalue weighted by Crippen LogP contribution is 2.36. The Morgan fingerprint density at radius 3 is 2.75 bits per heavy atom. The molecule has 1 nitrogen and oxygen atoms in total. The topological polar surface area (TPSA) is 12.9 Å². The summed E-state index contributed by atoms with van der Waals surface area (Å²) in [6.07, 6.45) is 7.27. The van der Waals surface area contributed by atoms with Gasteiger partial charge in [-0.15, -0.1) is 0 Å². The van der Waals surface area contributed by atoms with Crippen molar-refractivity contribution in [3.8, 4) is 0 Å². The van der Waals surface area contributed by atoms with Crippen LogP contribution in [0, 0.1) is 0 Å². The largest absolute Gasteiger partial charge is 0.249 e. The van der Waals surface area contributed by atoms with Crippen LogP contribution in [-0.4, -0.2) is 4.98 Å². The number of rotatable bonds is 1. The molecule has 0 atom stereocenters. The molecular weight excluding hydrogens is 214 g/mol. The van der Waals surface area contributed by atoms with E-state index in [-0.39, 0.29) is 0 Å². The lowest BCUT2D eigenvalue weighted by Gasteiger charge is -2.09. The van der Waals surface area contributed by atoms with Crippen molar-refractivity contribution >= 4 is 15.9 Å². The Bertz CT molecular complexity index is 266. The van der Waals surface area contributed by atoms with Gasteiger partial charge in [-0.2, -0.15) is 0 Å². The second kappa shape index (κ2) is 3.56. The fraction of sp³-hybridized carbons (Fsp3) is 0.500. The molecule has 0 saturated heterocycles. The molecule has 0 bridgehead atoms. The fourth-order valence-corrected chi connectivity index (χ4v) is 2.51. The van der Waals surface area contributed by atoms with Crippen LogP contribution in [0.4, 0.5) is 0 Å². The molecule has 2 heteroatoms. The van der Waals surface area contributed by atoms with Crippen LogP contribution >= 0.6 is 15.9 Å². The minimum absolute atomic E-state index is 0.757. The minimum atomic E-state index is 0.757. The minimum Gasteiger partial charge on any atom is -0.249 e. The van der Waals surface area contributed by atoms with Gasteiger partial charge in [0.05, 0.1) is 0 Å². The predicted octanol–water partition coefficient (Wildman–Crippen LogP) is 3.50. The van der Waals surface area contributed by atoms with Crippen LogP contribution in [0.2, 0.25) is 0 Å². The second-order valence-electron chi connectivity index (χ2n) is 3.36. The third-order valence-electron chi connectivity index (χ3n) is 2.58. The molecule has 1 aliphatic carbocycles. The SMILES string of the molecule is Brc1ncccc1C1CCCC1. The molecule has 0 unspecified atom stereocenters. The van der Waals surface area contributed by atoms with Crippen LogP contribution in [0.25, 0.3) is 0 Å². The molecule has 0 N–H and O–H groups in total. The zero-order valence-corrected chi connectivity index (χ0v) is 8.55. The lowest BCUT2D eigenvalue weighted by Crippen LogP contribution is -1.94. The van der Waals surface area contributed by atoms with Gasteiger partial charge in [0.2, 0.25) is 0 Å². The van der Waals surface area contributed by atoms with Crippen molar-refractivity contribution in [2.45, 2.75) is 31.6 Å². The van der Waals surface area contributed by atoms with Gasteiger partial charge in [-0.25, -0.2) is 4.98 Å². The molecule has 0 aromatic carbocycles. The summed E-state index contributed by atoms with van der Waals surface area (Å²) in [7, 11) is 0. The van der Waals surface area contributed by atoms with Gasteiger partial charge in [0.1, 0.15) is 4.60 Å². The first-order valence-corrected chi connectivity index (χ1v) is 5.27. The van der Waals surface area contributed by atoms with E-state index in [4.69, 9.17) is 0 Å². The van der Waals surface area contributed by atoms with Crippen LogP contribution in [0.3, 0.4) is 0 Å². The fourth-order valence-electron chi connectivity index (χ4n) is 1.94. The van der Waals surface area contributed by atoms with Crippen LogP contribution in [0.5, 0.6) is 0 Å². The van der Waals surface area contributed by atoms with Gasteiger partial charge in [0.25, 0.3) is 0 Å². The summed E-state index contributed by atoms with van der Waals surface area (Å²) in [5.41, 5.74) is 1.40. The number of nitrogens with zero attached hydrogens (tertiary/aromatic N) is 1. The maximum absolute atomic E-state index is 4.24. The Hall–Kier alpha value is -0.370. The van der Waals surface area contributed by atoms with E-state index < -0.39 is 0 Å². The van der Waals surface area contributed by atoms with Gasteiger partial charge in [-0.3, -0.25) is 0 Å². The lowest BCUT2D eigenvalue weighted by molar-refractivity contribution is 0.714. The van der Waals surface area contributed by atoms with Crippen molar-refractivity contribution in [2.75, 3.05) is 0 Å². The maximum atomic E-state index is 4.24. The van der Waals surface area contributed by atoms with Crippen molar-refractivity contribution < 1.29 is 0 Å². The Balaban J connectivity index is 2.26. The first-order chi connectivity index (χ1) is 5.88. The normalized spacial score (nSPS) is 18.4. The Morgan fingerprint density at radius 1 is 1.33 bits per heavy atom. The van der Waals surface area contributed by atoms with Gasteiger partial charge in [-0.05, 0) is 46.3 Å². The lowest BCUT2D eigenvalue weighted by atomic mass is 10.00. The zero-order valence-electron chi connectivity index (χ0n) is 6.96. The third-order valence-corrected chi connectivity index (χ3v) is 3.25. The summed E-state index contributed by atoms with van der Waals surface area (Å²) in [5, 5.41) is 0. The molecular formula is C10H12BrN. The molecule has 12 heavy (non-hydrogen) atoms. The molecule has 0 radical (unpaired) electrons. The molecule has 0 aliphatic heterocycles. The van der Waals surface area contributed by atoms with Gasteiger partial charge >= 0.3 is 0 Å². The standard InChI is InChI=1S/C10H12BrN/c11-10-9(6-3-7-12-10)8-4-1-2-5-8/h3,6-8H,1-2,4-5H2. The van der Waals surface area contributed by atoms with Crippen molar-refractivity contribution in [1.29, 1.82) is 0 Å². The molecule has 1 aliphatic rings. The molecule has 0 spiro atoms. The van der Waals surface area contributed by atoms with Crippen molar-refractivity contribution in [2.24, 2.45) is 0 Å². The van der Waals surface area contributed by atoms with Crippen LogP contribution < -0.4 is 0 Å². The van der Waals surface area contributed by atoms with Gasteiger partial charge in [0.15, 0.2) is 0 Å². The van der Waals surface area contributed by atoms with E-state index in [1.54, 1.807) is 0 Å². The summed E-state index contributed by atoms with van der Waals surface area (Å²) >= 11 is 3.50. The smallest absolute Gasteiger partial charge is 0.109 e. The van der Waals surface area contributed by atoms with E-state index >= 15 is 0 Å². The van der Waals surface area contributed by atoms with Crippen molar-refractivity contribution in [3.05, 3.63) is 28.5 Å². The summed E-state index contributed by atoms with van der Waals surface area (Å²) in [5.74, 6) is 0.757. The molecule has 1 fully saturated rings. The third kappa shape index (κ3) is 1.53. The maximum Gasteiger partial charge on any atom is 0.109 e. The van der Waals surface area contributed by atoms with Crippen LogP contribution in [0.15, 0.2) is 22.9 Å². The van der Waals surface area contributed by atoms with E-state index in [1.807, 2.05) is 12.3 Å². The van der Waals surface area contributed by atoms with Crippen molar-refractivity contribution in [3.63, 3.8) is 0 Å². The van der Waals surface area contributed by atoms with Gasteiger partial charge in [0, 0.05) is 6.20 Å². The molecule has 1 saturated carbocycles. The number of pyridine rings is 1.